The summed E-state index contributed by atoms with van der Waals surface area (Å²) in [6.45, 7) is 1.88. The minimum Gasteiger partial charge on any atom is -0.322 e. The lowest BCUT2D eigenvalue weighted by atomic mass is 10.1. The minimum atomic E-state index is -3.80. The van der Waals surface area contributed by atoms with Gasteiger partial charge in [-0.15, -0.1) is 0 Å². The summed E-state index contributed by atoms with van der Waals surface area (Å²) >= 11 is 3.31. The third kappa shape index (κ3) is 3.90. The monoisotopic (exact) mass is 368 g/mol. The van der Waals surface area contributed by atoms with E-state index in [9.17, 15) is 13.2 Å². The summed E-state index contributed by atoms with van der Waals surface area (Å²) < 4.78 is 23.3. The van der Waals surface area contributed by atoms with Crippen molar-refractivity contribution in [2.45, 2.75) is 11.8 Å². The van der Waals surface area contributed by atoms with E-state index in [0.717, 1.165) is 5.56 Å². The summed E-state index contributed by atoms with van der Waals surface area (Å²) in [6.07, 6.45) is 0. The normalized spacial score (nSPS) is 11.2. The van der Waals surface area contributed by atoms with Crippen molar-refractivity contribution in [3.8, 4) is 0 Å². The molecule has 0 aliphatic rings. The number of rotatable bonds is 3. The van der Waals surface area contributed by atoms with Crippen molar-refractivity contribution in [1.82, 2.24) is 0 Å². The molecule has 0 spiro atoms. The number of anilines is 1. The molecule has 0 bridgehead atoms. The Kier molecular flexibility index (Phi) is 4.46. The van der Waals surface area contributed by atoms with Crippen LogP contribution in [0.2, 0.25) is 0 Å². The van der Waals surface area contributed by atoms with E-state index in [1.807, 2.05) is 13.0 Å². The number of nitrogens with two attached hydrogens (primary N) is 1. The van der Waals surface area contributed by atoms with Gasteiger partial charge in [0, 0.05) is 10.2 Å². The summed E-state index contributed by atoms with van der Waals surface area (Å²) in [4.78, 5) is 12.2. The molecule has 3 N–H and O–H groups in total. The molecule has 7 heteroatoms. The van der Waals surface area contributed by atoms with Crippen molar-refractivity contribution in [2.24, 2.45) is 5.14 Å². The van der Waals surface area contributed by atoms with E-state index >= 15 is 0 Å². The fraction of sp³-hybridized carbons (Fsp3) is 0.0714. The first-order valence-electron chi connectivity index (χ1n) is 5.98. The van der Waals surface area contributed by atoms with Gasteiger partial charge < -0.3 is 5.32 Å². The number of nitrogens with one attached hydrogen (secondary N) is 1. The molecule has 2 aromatic carbocycles. The van der Waals surface area contributed by atoms with Crippen LogP contribution in [0.4, 0.5) is 5.69 Å². The first-order chi connectivity index (χ1) is 9.77. The summed E-state index contributed by atoms with van der Waals surface area (Å²) in [7, 11) is -3.80. The van der Waals surface area contributed by atoms with Gasteiger partial charge in [-0.3, -0.25) is 4.79 Å². The Labute approximate surface area is 131 Å². The standard InChI is InChI=1S/C14H13BrN2O3S/c1-9-5-6-13(15)12(7-9)14(18)17-10-3-2-4-11(8-10)21(16,19)20/h2-8H,1H3,(H,17,18)(H2,16,19,20). The molecule has 0 radical (unpaired) electrons. The maximum Gasteiger partial charge on any atom is 0.256 e. The molecule has 0 aromatic heterocycles. The molecule has 2 aromatic rings. The van der Waals surface area contributed by atoms with E-state index in [1.54, 1.807) is 18.2 Å². The summed E-state index contributed by atoms with van der Waals surface area (Å²) in [5.74, 6) is -0.336. The zero-order chi connectivity index (χ0) is 15.6. The van der Waals surface area contributed by atoms with E-state index in [1.165, 1.54) is 18.2 Å². The van der Waals surface area contributed by atoms with Gasteiger partial charge >= 0.3 is 0 Å². The van der Waals surface area contributed by atoms with Crippen LogP contribution in [-0.2, 0) is 10.0 Å². The Hall–Kier alpha value is -1.70. The molecule has 110 valence electrons. The number of primary sulfonamides is 1. The molecular formula is C14H13BrN2O3S. The Morgan fingerprint density at radius 2 is 1.90 bits per heavy atom. The molecule has 0 saturated heterocycles. The number of amides is 1. The zero-order valence-corrected chi connectivity index (χ0v) is 13.5. The van der Waals surface area contributed by atoms with Gasteiger partial charge in [0.2, 0.25) is 10.0 Å². The highest BCUT2D eigenvalue weighted by molar-refractivity contribution is 9.10. The third-order valence-corrected chi connectivity index (χ3v) is 4.39. The Balaban J connectivity index is 2.30. The van der Waals surface area contributed by atoms with Gasteiger partial charge in [-0.1, -0.05) is 17.7 Å². The topological polar surface area (TPSA) is 89.3 Å². The average Bonchev–Trinajstić information content (AvgIpc) is 2.41. The second-order valence-electron chi connectivity index (χ2n) is 4.51. The molecule has 5 nitrogen and oxygen atoms in total. The van der Waals surface area contributed by atoms with E-state index in [2.05, 4.69) is 21.2 Å². The predicted octanol–water partition coefficient (Wildman–Crippen LogP) is 2.66. The molecule has 1 amide bonds. The van der Waals surface area contributed by atoms with Crippen molar-refractivity contribution in [1.29, 1.82) is 0 Å². The Morgan fingerprint density at radius 3 is 2.57 bits per heavy atom. The van der Waals surface area contributed by atoms with Crippen molar-refractivity contribution < 1.29 is 13.2 Å². The smallest absolute Gasteiger partial charge is 0.256 e. The first kappa shape index (κ1) is 15.7. The van der Waals surface area contributed by atoms with Crippen LogP contribution in [0.5, 0.6) is 0 Å². The predicted molar refractivity (Wildman–Crippen MR) is 84.6 cm³/mol. The Bertz CT molecular complexity index is 804. The van der Waals surface area contributed by atoms with Crippen molar-refractivity contribution in [3.63, 3.8) is 0 Å². The number of carbonyl (C=O) groups is 1. The SMILES string of the molecule is Cc1ccc(Br)c(C(=O)Nc2cccc(S(N)(=O)=O)c2)c1. The third-order valence-electron chi connectivity index (χ3n) is 2.79. The van der Waals surface area contributed by atoms with Gasteiger partial charge in [-0.25, -0.2) is 13.6 Å². The van der Waals surface area contributed by atoms with E-state index < -0.39 is 10.0 Å². The number of aryl methyl sites for hydroxylation is 1. The average molecular weight is 369 g/mol. The maximum atomic E-state index is 12.2. The molecule has 0 unspecified atom stereocenters. The van der Waals surface area contributed by atoms with Crippen LogP contribution in [0.1, 0.15) is 15.9 Å². The van der Waals surface area contributed by atoms with Crippen molar-refractivity contribution in [2.75, 3.05) is 5.32 Å². The molecule has 0 fully saturated rings. The molecule has 0 aliphatic heterocycles. The second kappa shape index (κ2) is 5.97. The fourth-order valence-electron chi connectivity index (χ4n) is 1.76. The zero-order valence-electron chi connectivity index (χ0n) is 11.1. The molecule has 0 atom stereocenters. The molecular weight excluding hydrogens is 356 g/mol. The number of halogens is 1. The van der Waals surface area contributed by atoms with Crippen LogP contribution in [-0.4, -0.2) is 14.3 Å². The van der Waals surface area contributed by atoms with Crippen molar-refractivity contribution in [3.05, 3.63) is 58.1 Å². The maximum absolute atomic E-state index is 12.2. The van der Waals surface area contributed by atoms with Gasteiger partial charge in [0.05, 0.1) is 10.5 Å². The first-order valence-corrected chi connectivity index (χ1v) is 8.31. The molecule has 2 rings (SSSR count). The quantitative estimate of drug-likeness (QED) is 0.872. The number of hydrogen-bond donors (Lipinski definition) is 2. The highest BCUT2D eigenvalue weighted by Crippen LogP contribution is 2.20. The van der Waals surface area contributed by atoms with Crippen LogP contribution in [0.3, 0.4) is 0 Å². The lowest BCUT2D eigenvalue weighted by Gasteiger charge is -2.08. The number of hydrogen-bond acceptors (Lipinski definition) is 3. The number of sulfonamides is 1. The Morgan fingerprint density at radius 1 is 1.19 bits per heavy atom. The molecule has 21 heavy (non-hydrogen) atoms. The summed E-state index contributed by atoms with van der Waals surface area (Å²) in [5.41, 5.74) is 1.78. The van der Waals surface area contributed by atoms with Crippen LogP contribution in [0.15, 0.2) is 51.8 Å². The highest BCUT2D eigenvalue weighted by atomic mass is 79.9. The number of carbonyl (C=O) groups excluding carboxylic acids is 1. The molecule has 0 aliphatic carbocycles. The van der Waals surface area contributed by atoms with Crippen LogP contribution < -0.4 is 10.5 Å². The van der Waals surface area contributed by atoms with Gasteiger partial charge in [-0.2, -0.15) is 0 Å². The van der Waals surface area contributed by atoms with Gasteiger partial charge in [0.1, 0.15) is 0 Å². The number of benzene rings is 2. The van der Waals surface area contributed by atoms with E-state index in [4.69, 9.17) is 5.14 Å². The lowest BCUT2D eigenvalue weighted by molar-refractivity contribution is 0.102. The largest absolute Gasteiger partial charge is 0.322 e. The summed E-state index contributed by atoms with van der Waals surface area (Å²) in [5, 5.41) is 7.71. The van der Waals surface area contributed by atoms with Gasteiger partial charge in [0.25, 0.3) is 5.91 Å². The molecule has 0 saturated carbocycles. The van der Waals surface area contributed by atoms with Crippen LogP contribution >= 0.6 is 15.9 Å². The van der Waals surface area contributed by atoms with Gasteiger partial charge in [0.15, 0.2) is 0 Å². The molecule has 0 heterocycles. The second-order valence-corrected chi connectivity index (χ2v) is 6.93. The fourth-order valence-corrected chi connectivity index (χ4v) is 2.75. The van der Waals surface area contributed by atoms with Gasteiger partial charge in [-0.05, 0) is 53.2 Å². The highest BCUT2D eigenvalue weighted by Gasteiger charge is 2.12. The minimum absolute atomic E-state index is 0.0522. The van der Waals surface area contributed by atoms with Crippen molar-refractivity contribution >= 4 is 37.5 Å². The van der Waals surface area contributed by atoms with Crippen LogP contribution in [0.25, 0.3) is 0 Å². The lowest BCUT2D eigenvalue weighted by Crippen LogP contribution is -2.15. The van der Waals surface area contributed by atoms with E-state index in [0.29, 0.717) is 15.7 Å². The van der Waals surface area contributed by atoms with E-state index in [-0.39, 0.29) is 10.8 Å². The van der Waals surface area contributed by atoms with Crippen LogP contribution in [0, 0.1) is 6.92 Å². The summed E-state index contributed by atoms with van der Waals surface area (Å²) in [6, 6.07) is 11.2.